The molecule has 2 N–H and O–H groups in total. The lowest BCUT2D eigenvalue weighted by Gasteiger charge is -2.09. The second-order valence-electron chi connectivity index (χ2n) is 4.29. The number of nitrogens with two attached hydrogens (primary N) is 1. The molecule has 0 spiro atoms. The number of rotatable bonds is 2. The van der Waals surface area contributed by atoms with Gasteiger partial charge in [0.15, 0.2) is 0 Å². The van der Waals surface area contributed by atoms with Crippen LogP contribution in [0.15, 0.2) is 34.0 Å². The van der Waals surface area contributed by atoms with Crippen molar-refractivity contribution in [3.8, 4) is 6.07 Å². The van der Waals surface area contributed by atoms with Crippen molar-refractivity contribution in [3.05, 3.63) is 62.2 Å². The van der Waals surface area contributed by atoms with Crippen molar-refractivity contribution in [2.24, 2.45) is 7.05 Å². The van der Waals surface area contributed by atoms with Gasteiger partial charge in [-0.05, 0) is 12.1 Å². The Morgan fingerprint density at radius 1 is 1.40 bits per heavy atom. The zero-order valence-corrected chi connectivity index (χ0v) is 10.6. The zero-order valence-electron chi connectivity index (χ0n) is 10.6. The smallest absolute Gasteiger partial charge is 0.331 e. The summed E-state index contributed by atoms with van der Waals surface area (Å²) in [5.74, 6) is -0.652. The van der Waals surface area contributed by atoms with Gasteiger partial charge in [0.1, 0.15) is 11.5 Å². The number of anilines is 1. The highest BCUT2D eigenvalue weighted by Crippen LogP contribution is 2.10. The summed E-state index contributed by atoms with van der Waals surface area (Å²) in [5, 5.41) is 8.66. The number of hydrogen-bond acceptors (Lipinski definition) is 4. The largest absolute Gasteiger partial charge is 0.393 e. The SMILES string of the molecule is Cn1cc(N)c(=O)n(Cc2ccc(C#N)cc2F)c1=O. The van der Waals surface area contributed by atoms with Crippen molar-refractivity contribution < 1.29 is 4.39 Å². The highest BCUT2D eigenvalue weighted by Gasteiger charge is 2.11. The number of halogens is 1. The van der Waals surface area contributed by atoms with E-state index in [-0.39, 0.29) is 23.4 Å². The third-order valence-electron chi connectivity index (χ3n) is 2.87. The first-order chi connectivity index (χ1) is 9.43. The Hall–Kier alpha value is -2.88. The second-order valence-corrected chi connectivity index (χ2v) is 4.29. The maximum atomic E-state index is 13.8. The summed E-state index contributed by atoms with van der Waals surface area (Å²) in [6.07, 6.45) is 1.22. The van der Waals surface area contributed by atoms with E-state index in [1.165, 1.54) is 25.4 Å². The van der Waals surface area contributed by atoms with Crippen LogP contribution in [0.4, 0.5) is 10.1 Å². The molecule has 1 aromatic carbocycles. The fraction of sp³-hybridized carbons (Fsp3) is 0.154. The second kappa shape index (κ2) is 5.01. The zero-order chi connectivity index (χ0) is 14.9. The Kier molecular flexibility index (Phi) is 3.39. The first-order valence-electron chi connectivity index (χ1n) is 5.68. The molecule has 0 atom stereocenters. The van der Waals surface area contributed by atoms with Crippen LogP contribution in [0.3, 0.4) is 0 Å². The third-order valence-corrected chi connectivity index (χ3v) is 2.87. The van der Waals surface area contributed by atoms with Gasteiger partial charge in [-0.15, -0.1) is 0 Å². The third kappa shape index (κ3) is 2.31. The molecule has 0 amide bonds. The molecule has 1 aromatic heterocycles. The van der Waals surface area contributed by atoms with Crippen LogP contribution < -0.4 is 17.0 Å². The standard InChI is InChI=1S/C13H11FN4O2/c1-17-7-11(16)12(19)18(13(17)20)6-9-3-2-8(5-15)4-10(9)14/h2-4,7H,6,16H2,1H3. The molecular formula is C13H11FN4O2. The molecule has 7 heteroatoms. The summed E-state index contributed by atoms with van der Waals surface area (Å²) in [5.41, 5.74) is 4.44. The molecule has 0 aliphatic carbocycles. The van der Waals surface area contributed by atoms with E-state index in [9.17, 15) is 14.0 Å². The Balaban J connectivity index is 2.54. The molecule has 6 nitrogen and oxygen atoms in total. The van der Waals surface area contributed by atoms with Crippen molar-refractivity contribution in [3.63, 3.8) is 0 Å². The number of hydrogen-bond donors (Lipinski definition) is 1. The van der Waals surface area contributed by atoms with Crippen LogP contribution in [-0.2, 0) is 13.6 Å². The lowest BCUT2D eigenvalue weighted by molar-refractivity contribution is 0.579. The van der Waals surface area contributed by atoms with Crippen LogP contribution in [0.25, 0.3) is 0 Å². The number of nitrogen functional groups attached to an aromatic ring is 1. The Labute approximate surface area is 113 Å². The molecule has 2 rings (SSSR count). The molecular weight excluding hydrogens is 263 g/mol. The summed E-state index contributed by atoms with van der Waals surface area (Å²) in [7, 11) is 1.45. The molecule has 20 heavy (non-hydrogen) atoms. The van der Waals surface area contributed by atoms with E-state index in [2.05, 4.69) is 0 Å². The predicted molar refractivity (Wildman–Crippen MR) is 70.6 cm³/mol. The molecule has 1 heterocycles. The predicted octanol–water partition coefficient (Wildman–Crippen LogP) is 0.188. The molecule has 0 radical (unpaired) electrons. The van der Waals surface area contributed by atoms with Crippen LogP contribution in [0.5, 0.6) is 0 Å². The summed E-state index contributed by atoms with van der Waals surface area (Å²) in [4.78, 5) is 23.7. The van der Waals surface area contributed by atoms with Crippen LogP contribution in [0.1, 0.15) is 11.1 Å². The fourth-order valence-corrected chi connectivity index (χ4v) is 1.81. The molecule has 0 saturated heterocycles. The van der Waals surface area contributed by atoms with Gasteiger partial charge in [0.25, 0.3) is 5.56 Å². The molecule has 0 unspecified atom stereocenters. The fourth-order valence-electron chi connectivity index (χ4n) is 1.81. The minimum atomic E-state index is -0.670. The van der Waals surface area contributed by atoms with Gasteiger partial charge in [-0.2, -0.15) is 5.26 Å². The van der Waals surface area contributed by atoms with Crippen molar-refractivity contribution in [1.82, 2.24) is 9.13 Å². The lowest BCUT2D eigenvalue weighted by Crippen LogP contribution is -2.40. The Morgan fingerprint density at radius 2 is 2.10 bits per heavy atom. The minimum absolute atomic E-state index is 0.0962. The van der Waals surface area contributed by atoms with E-state index >= 15 is 0 Å². The first-order valence-corrected chi connectivity index (χ1v) is 5.68. The van der Waals surface area contributed by atoms with E-state index < -0.39 is 17.1 Å². The monoisotopic (exact) mass is 274 g/mol. The Morgan fingerprint density at radius 3 is 2.70 bits per heavy atom. The van der Waals surface area contributed by atoms with Gasteiger partial charge in [-0.25, -0.2) is 9.18 Å². The maximum absolute atomic E-state index is 13.8. The van der Waals surface area contributed by atoms with Gasteiger partial charge in [0.2, 0.25) is 0 Å². The summed E-state index contributed by atoms with van der Waals surface area (Å²) < 4.78 is 15.8. The van der Waals surface area contributed by atoms with Gasteiger partial charge >= 0.3 is 5.69 Å². The minimum Gasteiger partial charge on any atom is -0.393 e. The topological polar surface area (TPSA) is 93.8 Å². The van der Waals surface area contributed by atoms with Crippen LogP contribution in [0.2, 0.25) is 0 Å². The molecule has 0 bridgehead atoms. The summed E-state index contributed by atoms with van der Waals surface area (Å²) >= 11 is 0. The normalized spacial score (nSPS) is 10.2. The van der Waals surface area contributed by atoms with Crippen molar-refractivity contribution in [2.75, 3.05) is 5.73 Å². The van der Waals surface area contributed by atoms with Gasteiger partial charge in [0, 0.05) is 18.8 Å². The molecule has 2 aromatic rings. The van der Waals surface area contributed by atoms with E-state index in [0.29, 0.717) is 0 Å². The van der Waals surface area contributed by atoms with Crippen molar-refractivity contribution >= 4 is 5.69 Å². The highest BCUT2D eigenvalue weighted by molar-refractivity contribution is 5.34. The molecule has 0 aliphatic rings. The van der Waals surface area contributed by atoms with Gasteiger partial charge in [-0.1, -0.05) is 6.07 Å². The van der Waals surface area contributed by atoms with E-state index in [4.69, 9.17) is 11.0 Å². The number of aromatic nitrogens is 2. The van der Waals surface area contributed by atoms with Gasteiger partial charge < -0.3 is 10.3 Å². The number of nitriles is 1. The number of benzene rings is 1. The van der Waals surface area contributed by atoms with E-state index in [0.717, 1.165) is 15.2 Å². The molecule has 0 aliphatic heterocycles. The van der Waals surface area contributed by atoms with Gasteiger partial charge in [0.05, 0.1) is 18.2 Å². The van der Waals surface area contributed by atoms with Crippen LogP contribution in [-0.4, -0.2) is 9.13 Å². The van der Waals surface area contributed by atoms with Crippen molar-refractivity contribution in [1.29, 1.82) is 5.26 Å². The van der Waals surface area contributed by atoms with Crippen LogP contribution in [0, 0.1) is 17.1 Å². The van der Waals surface area contributed by atoms with E-state index in [1.54, 1.807) is 6.07 Å². The average molecular weight is 274 g/mol. The lowest BCUT2D eigenvalue weighted by atomic mass is 10.1. The first kappa shape index (κ1) is 13.5. The maximum Gasteiger partial charge on any atom is 0.331 e. The quantitative estimate of drug-likeness (QED) is 0.845. The Bertz CT molecular complexity index is 795. The summed E-state index contributed by atoms with van der Waals surface area (Å²) in [6, 6.07) is 5.64. The molecule has 0 fully saturated rings. The average Bonchev–Trinajstić information content (AvgIpc) is 2.42. The number of aryl methyl sites for hydroxylation is 1. The molecule has 0 saturated carbocycles. The van der Waals surface area contributed by atoms with Crippen LogP contribution >= 0.6 is 0 Å². The van der Waals surface area contributed by atoms with E-state index in [1.807, 2.05) is 0 Å². The highest BCUT2D eigenvalue weighted by atomic mass is 19.1. The summed E-state index contributed by atoms with van der Waals surface area (Å²) in [6.45, 7) is -0.242. The number of nitrogens with zero attached hydrogens (tertiary/aromatic N) is 3. The molecule has 102 valence electrons. The van der Waals surface area contributed by atoms with Gasteiger partial charge in [-0.3, -0.25) is 9.36 Å². The van der Waals surface area contributed by atoms with Crippen molar-refractivity contribution in [2.45, 2.75) is 6.54 Å².